The van der Waals surface area contributed by atoms with E-state index in [1.807, 2.05) is 30.3 Å². The Balaban J connectivity index is 1.93. The van der Waals surface area contributed by atoms with Crippen LogP contribution in [0.25, 0.3) is 5.69 Å². The van der Waals surface area contributed by atoms with Crippen molar-refractivity contribution in [1.82, 2.24) is 9.78 Å². The van der Waals surface area contributed by atoms with Crippen LogP contribution in [0.15, 0.2) is 71.9 Å². The molecule has 28 heavy (non-hydrogen) atoms. The maximum Gasteiger partial charge on any atom is 0.277 e. The molecule has 0 N–H and O–H groups in total. The molecule has 0 spiro atoms. The standard InChI is InChI=1S/C22H23N3O3/c1-3-4-14-28-21-15-18(16-23-25(21)19-8-6-5-7-9-19)24-22(26)17-10-12-20(27-2)13-11-17/h5-13,15-16H,3-4,14H2,1-2H3. The summed E-state index contributed by atoms with van der Waals surface area (Å²) in [5, 5.41) is 4.87. The van der Waals surface area contributed by atoms with Crippen LogP contribution in [-0.4, -0.2) is 29.4 Å². The van der Waals surface area contributed by atoms with Crippen molar-refractivity contribution in [3.05, 3.63) is 77.8 Å². The lowest BCUT2D eigenvalue weighted by molar-refractivity contribution is 0.0998. The van der Waals surface area contributed by atoms with Gasteiger partial charge in [0, 0.05) is 11.6 Å². The van der Waals surface area contributed by atoms with Crippen molar-refractivity contribution >= 4 is 5.91 Å². The fraction of sp³-hybridized carbons (Fsp3) is 0.227. The largest absolute Gasteiger partial charge is 0.497 e. The molecular weight excluding hydrogens is 354 g/mol. The molecule has 6 nitrogen and oxygen atoms in total. The molecule has 0 fully saturated rings. The number of nitrogens with zero attached hydrogens (tertiary/aromatic N) is 3. The molecule has 0 radical (unpaired) electrons. The van der Waals surface area contributed by atoms with Crippen molar-refractivity contribution in [2.45, 2.75) is 19.8 Å². The SMILES string of the molecule is CCCCOc1cc(=NC(=O)c2ccc(OC)cc2)cnn1-c1ccccc1. The number of benzene rings is 2. The van der Waals surface area contributed by atoms with Gasteiger partial charge in [-0.25, -0.2) is 9.67 Å². The van der Waals surface area contributed by atoms with Crippen LogP contribution in [0.5, 0.6) is 11.6 Å². The summed E-state index contributed by atoms with van der Waals surface area (Å²) in [6.07, 6.45) is 3.51. The topological polar surface area (TPSA) is 65.7 Å². The maximum absolute atomic E-state index is 12.5. The summed E-state index contributed by atoms with van der Waals surface area (Å²) >= 11 is 0. The van der Waals surface area contributed by atoms with Crippen molar-refractivity contribution in [3.63, 3.8) is 0 Å². The fourth-order valence-electron chi connectivity index (χ4n) is 2.56. The smallest absolute Gasteiger partial charge is 0.277 e. The van der Waals surface area contributed by atoms with E-state index < -0.39 is 0 Å². The highest BCUT2D eigenvalue weighted by atomic mass is 16.5. The number of amides is 1. The van der Waals surface area contributed by atoms with Crippen molar-refractivity contribution in [2.24, 2.45) is 4.99 Å². The molecule has 3 aromatic rings. The van der Waals surface area contributed by atoms with Gasteiger partial charge in [-0.1, -0.05) is 31.5 Å². The fourth-order valence-corrected chi connectivity index (χ4v) is 2.56. The summed E-state index contributed by atoms with van der Waals surface area (Å²) in [5.41, 5.74) is 1.36. The first kappa shape index (κ1) is 19.4. The molecule has 0 aliphatic rings. The Morgan fingerprint density at radius 3 is 2.54 bits per heavy atom. The van der Waals surface area contributed by atoms with Crippen molar-refractivity contribution < 1.29 is 14.3 Å². The van der Waals surface area contributed by atoms with E-state index in [-0.39, 0.29) is 5.91 Å². The van der Waals surface area contributed by atoms with Crippen LogP contribution in [0.1, 0.15) is 30.1 Å². The monoisotopic (exact) mass is 377 g/mol. The van der Waals surface area contributed by atoms with Gasteiger partial charge in [0.1, 0.15) is 5.75 Å². The van der Waals surface area contributed by atoms with Crippen LogP contribution >= 0.6 is 0 Å². The second kappa shape index (κ2) is 9.50. The van der Waals surface area contributed by atoms with E-state index in [0.717, 1.165) is 18.5 Å². The number of ether oxygens (including phenoxy) is 2. The first-order valence-electron chi connectivity index (χ1n) is 9.22. The summed E-state index contributed by atoms with van der Waals surface area (Å²) in [7, 11) is 1.58. The molecule has 6 heteroatoms. The van der Waals surface area contributed by atoms with Gasteiger partial charge in [-0.15, -0.1) is 0 Å². The first-order valence-corrected chi connectivity index (χ1v) is 9.22. The number of para-hydroxylation sites is 1. The number of rotatable bonds is 7. The molecule has 0 aliphatic heterocycles. The zero-order valence-electron chi connectivity index (χ0n) is 16.0. The van der Waals surface area contributed by atoms with Crippen molar-refractivity contribution in [1.29, 1.82) is 0 Å². The van der Waals surface area contributed by atoms with Crippen LogP contribution in [0.2, 0.25) is 0 Å². The Bertz CT molecular complexity index is 980. The molecular formula is C22H23N3O3. The summed E-state index contributed by atoms with van der Waals surface area (Å²) in [6, 6.07) is 18.3. The third-order valence-electron chi connectivity index (χ3n) is 4.10. The molecule has 2 aromatic carbocycles. The van der Waals surface area contributed by atoms with E-state index in [1.165, 1.54) is 0 Å². The van der Waals surface area contributed by atoms with Gasteiger partial charge in [-0.05, 0) is 42.8 Å². The molecule has 0 saturated carbocycles. The van der Waals surface area contributed by atoms with Crippen molar-refractivity contribution in [3.8, 4) is 17.3 Å². The van der Waals surface area contributed by atoms with Gasteiger partial charge in [0.2, 0.25) is 5.88 Å². The third-order valence-corrected chi connectivity index (χ3v) is 4.10. The van der Waals surface area contributed by atoms with Gasteiger partial charge in [0.25, 0.3) is 5.91 Å². The maximum atomic E-state index is 12.5. The van der Waals surface area contributed by atoms with Gasteiger partial charge in [-0.3, -0.25) is 4.79 Å². The summed E-state index contributed by atoms with van der Waals surface area (Å²) in [4.78, 5) is 16.6. The lowest BCUT2D eigenvalue weighted by Crippen LogP contribution is -2.15. The molecule has 0 unspecified atom stereocenters. The molecule has 0 bridgehead atoms. The zero-order chi connectivity index (χ0) is 19.8. The lowest BCUT2D eigenvalue weighted by atomic mass is 10.2. The predicted molar refractivity (Wildman–Crippen MR) is 107 cm³/mol. The molecule has 144 valence electrons. The van der Waals surface area contributed by atoms with E-state index in [9.17, 15) is 4.79 Å². The lowest BCUT2D eigenvalue weighted by Gasteiger charge is -2.13. The van der Waals surface area contributed by atoms with Crippen molar-refractivity contribution in [2.75, 3.05) is 13.7 Å². The minimum atomic E-state index is -0.346. The number of unbranched alkanes of at least 4 members (excludes halogenated alkanes) is 1. The molecule has 0 aliphatic carbocycles. The van der Waals surface area contributed by atoms with Crippen LogP contribution < -0.4 is 14.8 Å². The average molecular weight is 377 g/mol. The molecule has 1 amide bonds. The van der Waals surface area contributed by atoms with Gasteiger partial charge in [-0.2, -0.15) is 5.10 Å². The Hall–Kier alpha value is -3.41. The van der Waals surface area contributed by atoms with Crippen LogP contribution in [0, 0.1) is 0 Å². The minimum Gasteiger partial charge on any atom is -0.497 e. The molecule has 1 heterocycles. The summed E-state index contributed by atoms with van der Waals surface area (Å²) in [6.45, 7) is 2.67. The number of carbonyl (C=O) groups is 1. The highest BCUT2D eigenvalue weighted by molar-refractivity contribution is 5.95. The van der Waals surface area contributed by atoms with E-state index in [4.69, 9.17) is 9.47 Å². The van der Waals surface area contributed by atoms with E-state index in [1.54, 1.807) is 48.3 Å². The highest BCUT2D eigenvalue weighted by Crippen LogP contribution is 2.15. The zero-order valence-corrected chi connectivity index (χ0v) is 16.0. The number of hydrogen-bond acceptors (Lipinski definition) is 4. The number of hydrogen-bond donors (Lipinski definition) is 0. The molecule has 1 aromatic heterocycles. The van der Waals surface area contributed by atoms with Crippen LogP contribution in [0.3, 0.4) is 0 Å². The number of carbonyl (C=O) groups excluding carboxylic acids is 1. The Kier molecular flexibility index (Phi) is 6.57. The van der Waals surface area contributed by atoms with E-state index in [0.29, 0.717) is 29.2 Å². The Labute approximate surface area is 164 Å². The van der Waals surface area contributed by atoms with Gasteiger partial charge in [0.15, 0.2) is 0 Å². The second-order valence-electron chi connectivity index (χ2n) is 6.15. The number of aromatic nitrogens is 2. The van der Waals surface area contributed by atoms with Crippen LogP contribution in [0.4, 0.5) is 0 Å². The third kappa shape index (κ3) is 4.85. The Morgan fingerprint density at radius 2 is 1.86 bits per heavy atom. The first-order chi connectivity index (χ1) is 13.7. The van der Waals surface area contributed by atoms with Gasteiger partial charge >= 0.3 is 0 Å². The highest BCUT2D eigenvalue weighted by Gasteiger charge is 2.08. The quantitative estimate of drug-likeness (QED) is 0.588. The van der Waals surface area contributed by atoms with E-state index in [2.05, 4.69) is 17.0 Å². The van der Waals surface area contributed by atoms with E-state index >= 15 is 0 Å². The normalized spacial score (nSPS) is 11.3. The van der Waals surface area contributed by atoms with Crippen LogP contribution in [-0.2, 0) is 0 Å². The predicted octanol–water partition coefficient (Wildman–Crippen LogP) is 3.80. The second-order valence-corrected chi connectivity index (χ2v) is 6.15. The number of methoxy groups -OCH3 is 1. The summed E-state index contributed by atoms with van der Waals surface area (Å²) in [5.74, 6) is 0.887. The molecule has 3 rings (SSSR count). The molecule has 0 saturated heterocycles. The van der Waals surface area contributed by atoms with Gasteiger partial charge in [0.05, 0.1) is 31.0 Å². The average Bonchev–Trinajstić information content (AvgIpc) is 2.75. The summed E-state index contributed by atoms with van der Waals surface area (Å²) < 4.78 is 12.7. The molecule has 0 atom stereocenters. The van der Waals surface area contributed by atoms with Gasteiger partial charge < -0.3 is 9.47 Å². The minimum absolute atomic E-state index is 0.346. The Morgan fingerprint density at radius 1 is 1.11 bits per heavy atom.